The fraction of sp³-hybridized carbons (Fsp3) is 0.500. The second-order valence-electron chi connectivity index (χ2n) is 8.33. The van der Waals surface area contributed by atoms with Crippen LogP contribution in [0.1, 0.15) is 61.9 Å². The Hall–Kier alpha value is -3.37. The molecule has 1 aliphatic carbocycles. The molecule has 1 fully saturated rings. The summed E-state index contributed by atoms with van der Waals surface area (Å²) >= 11 is 0. The molecular weight excluding hydrogens is 463 g/mol. The van der Waals surface area contributed by atoms with Crippen molar-refractivity contribution in [1.82, 2.24) is 15.3 Å². The number of anilines is 3. The van der Waals surface area contributed by atoms with Crippen molar-refractivity contribution in [3.8, 4) is 0 Å². The number of benzene rings is 1. The van der Waals surface area contributed by atoms with Gasteiger partial charge in [-0.1, -0.05) is 19.8 Å². The second kappa shape index (κ2) is 11.9. The van der Waals surface area contributed by atoms with Crippen LogP contribution in [0.3, 0.4) is 0 Å². The summed E-state index contributed by atoms with van der Waals surface area (Å²) in [5, 5.41) is 8.45. The number of esters is 1. The molecule has 1 aliphatic rings. The summed E-state index contributed by atoms with van der Waals surface area (Å²) in [5.41, 5.74) is -0.156. The van der Waals surface area contributed by atoms with E-state index >= 15 is 0 Å². The highest BCUT2D eigenvalue weighted by atomic mass is 19.4. The minimum Gasteiger partial charge on any atom is -0.462 e. The highest BCUT2D eigenvalue weighted by molar-refractivity contribution is 5.89. The van der Waals surface area contributed by atoms with E-state index in [0.717, 1.165) is 19.3 Å². The summed E-state index contributed by atoms with van der Waals surface area (Å²) in [6.45, 7) is 4.58. The van der Waals surface area contributed by atoms with Crippen molar-refractivity contribution < 1.29 is 27.5 Å². The smallest absolute Gasteiger partial charge is 0.421 e. The van der Waals surface area contributed by atoms with Crippen LogP contribution >= 0.6 is 0 Å². The number of nitrogens with zero attached hydrogens (tertiary/aromatic N) is 2. The number of halogens is 3. The van der Waals surface area contributed by atoms with Gasteiger partial charge in [0.15, 0.2) is 0 Å². The topological polar surface area (TPSA) is 105 Å². The standard InChI is InChI=1S/C24H30F3N5O3/c1-3-5-13-35-22(34)15-9-11-16(12-10-15)30-23-29-14-18(24(25,26)27)20(32-23)31-19-8-6-7-17(19)21(33)28-4-2/h9-12,14,17,19H,3-8,13H2,1-2H3,(H,28,33)(H2,29,30,31,32)/t17-,19+/m0/s1. The van der Waals surface area contributed by atoms with Gasteiger partial charge in [0.1, 0.15) is 11.4 Å². The van der Waals surface area contributed by atoms with Crippen LogP contribution in [0.15, 0.2) is 30.5 Å². The predicted molar refractivity (Wildman–Crippen MR) is 125 cm³/mol. The number of aromatic nitrogens is 2. The van der Waals surface area contributed by atoms with E-state index in [0.29, 0.717) is 43.4 Å². The van der Waals surface area contributed by atoms with Crippen LogP contribution in [0, 0.1) is 5.92 Å². The largest absolute Gasteiger partial charge is 0.462 e. The molecule has 11 heteroatoms. The number of ether oxygens (including phenoxy) is 1. The molecule has 1 aromatic carbocycles. The van der Waals surface area contributed by atoms with E-state index in [4.69, 9.17) is 4.74 Å². The van der Waals surface area contributed by atoms with E-state index in [9.17, 15) is 22.8 Å². The Morgan fingerprint density at radius 2 is 1.89 bits per heavy atom. The Labute approximate surface area is 202 Å². The van der Waals surface area contributed by atoms with Crippen molar-refractivity contribution >= 4 is 29.3 Å². The van der Waals surface area contributed by atoms with Crippen molar-refractivity contribution in [2.75, 3.05) is 23.8 Å². The van der Waals surface area contributed by atoms with Gasteiger partial charge in [-0.25, -0.2) is 9.78 Å². The molecule has 0 radical (unpaired) electrons. The van der Waals surface area contributed by atoms with E-state index in [1.807, 2.05) is 6.92 Å². The lowest BCUT2D eigenvalue weighted by atomic mass is 10.0. The van der Waals surface area contributed by atoms with Gasteiger partial charge in [0.05, 0.1) is 18.1 Å². The molecule has 0 spiro atoms. The van der Waals surface area contributed by atoms with Gasteiger partial charge in [0, 0.05) is 24.5 Å². The molecule has 3 rings (SSSR count). The Morgan fingerprint density at radius 1 is 1.14 bits per heavy atom. The lowest BCUT2D eigenvalue weighted by molar-refractivity contribution is -0.137. The number of nitrogens with one attached hydrogen (secondary N) is 3. The number of carbonyl (C=O) groups excluding carboxylic acids is 2. The van der Waals surface area contributed by atoms with E-state index in [-0.39, 0.29) is 17.7 Å². The van der Waals surface area contributed by atoms with Crippen LogP contribution in [-0.4, -0.2) is 41.0 Å². The van der Waals surface area contributed by atoms with Crippen LogP contribution in [0.5, 0.6) is 0 Å². The molecule has 2 aromatic rings. The number of amides is 1. The minimum atomic E-state index is -4.67. The Balaban J connectivity index is 1.76. The van der Waals surface area contributed by atoms with Gasteiger partial charge in [-0.2, -0.15) is 18.2 Å². The molecule has 1 heterocycles. The first-order valence-electron chi connectivity index (χ1n) is 11.8. The van der Waals surface area contributed by atoms with E-state index in [1.165, 1.54) is 0 Å². The number of carbonyl (C=O) groups is 2. The molecule has 1 amide bonds. The predicted octanol–water partition coefficient (Wildman–Crippen LogP) is 4.91. The number of hydrogen-bond acceptors (Lipinski definition) is 7. The molecule has 0 aliphatic heterocycles. The first kappa shape index (κ1) is 26.2. The number of unbranched alkanes of at least 4 members (excludes halogenated alkanes) is 1. The molecule has 0 bridgehead atoms. The molecule has 0 unspecified atom stereocenters. The van der Waals surface area contributed by atoms with Gasteiger partial charge in [0.2, 0.25) is 11.9 Å². The third-order valence-electron chi connectivity index (χ3n) is 5.73. The van der Waals surface area contributed by atoms with Crippen molar-refractivity contribution in [2.24, 2.45) is 5.92 Å². The zero-order chi connectivity index (χ0) is 25.4. The fourth-order valence-electron chi connectivity index (χ4n) is 3.90. The van der Waals surface area contributed by atoms with Crippen LogP contribution in [0.4, 0.5) is 30.6 Å². The summed E-state index contributed by atoms with van der Waals surface area (Å²) in [6.07, 6.45) is -0.390. The van der Waals surface area contributed by atoms with Crippen LogP contribution in [-0.2, 0) is 15.7 Å². The normalized spacial score (nSPS) is 17.6. The van der Waals surface area contributed by atoms with Gasteiger partial charge < -0.3 is 20.7 Å². The summed E-state index contributed by atoms with van der Waals surface area (Å²) in [5.74, 6) is -1.50. The minimum absolute atomic E-state index is 0.0497. The number of alkyl halides is 3. The van der Waals surface area contributed by atoms with Crippen molar-refractivity contribution in [2.45, 2.75) is 58.2 Å². The monoisotopic (exact) mass is 493 g/mol. The first-order valence-corrected chi connectivity index (χ1v) is 11.8. The van der Waals surface area contributed by atoms with Crippen molar-refractivity contribution in [3.05, 3.63) is 41.6 Å². The van der Waals surface area contributed by atoms with Gasteiger partial charge >= 0.3 is 12.1 Å². The molecule has 1 saturated carbocycles. The van der Waals surface area contributed by atoms with E-state index in [2.05, 4.69) is 25.9 Å². The van der Waals surface area contributed by atoms with Crippen molar-refractivity contribution in [3.63, 3.8) is 0 Å². The summed E-state index contributed by atoms with van der Waals surface area (Å²) in [6, 6.07) is 5.81. The number of hydrogen-bond donors (Lipinski definition) is 3. The molecule has 2 atom stereocenters. The zero-order valence-electron chi connectivity index (χ0n) is 19.7. The average Bonchev–Trinajstić information content (AvgIpc) is 3.27. The maximum Gasteiger partial charge on any atom is 0.421 e. The fourth-order valence-corrected chi connectivity index (χ4v) is 3.90. The summed E-state index contributed by atoms with van der Waals surface area (Å²) in [7, 11) is 0. The zero-order valence-corrected chi connectivity index (χ0v) is 19.7. The van der Waals surface area contributed by atoms with Crippen molar-refractivity contribution in [1.29, 1.82) is 0 Å². The molecular formula is C24H30F3N5O3. The third kappa shape index (κ3) is 7.06. The van der Waals surface area contributed by atoms with E-state index in [1.54, 1.807) is 31.2 Å². The van der Waals surface area contributed by atoms with Gasteiger partial charge in [-0.3, -0.25) is 4.79 Å². The van der Waals surface area contributed by atoms with Gasteiger partial charge in [-0.05, 0) is 50.5 Å². The highest BCUT2D eigenvalue weighted by Gasteiger charge is 2.38. The highest BCUT2D eigenvalue weighted by Crippen LogP contribution is 2.36. The lowest BCUT2D eigenvalue weighted by Gasteiger charge is -2.23. The first-order chi connectivity index (χ1) is 16.7. The molecule has 35 heavy (non-hydrogen) atoms. The molecule has 1 aromatic heterocycles. The Kier molecular flexibility index (Phi) is 8.89. The third-order valence-corrected chi connectivity index (χ3v) is 5.73. The Morgan fingerprint density at radius 3 is 2.54 bits per heavy atom. The molecule has 0 saturated heterocycles. The second-order valence-corrected chi connectivity index (χ2v) is 8.33. The van der Waals surface area contributed by atoms with E-state index < -0.39 is 29.7 Å². The Bertz CT molecular complexity index is 1010. The molecule has 190 valence electrons. The SMILES string of the molecule is CCCCOC(=O)c1ccc(Nc2ncc(C(F)(F)F)c(N[C@@H]3CCC[C@@H]3C(=O)NCC)n2)cc1. The van der Waals surface area contributed by atoms with Crippen LogP contribution in [0.2, 0.25) is 0 Å². The maximum absolute atomic E-state index is 13.6. The summed E-state index contributed by atoms with van der Waals surface area (Å²) in [4.78, 5) is 32.3. The van der Waals surface area contributed by atoms with Crippen LogP contribution < -0.4 is 16.0 Å². The molecule has 3 N–H and O–H groups in total. The summed E-state index contributed by atoms with van der Waals surface area (Å²) < 4.78 is 46.0. The number of rotatable bonds is 10. The van der Waals surface area contributed by atoms with Gasteiger partial charge in [-0.15, -0.1) is 0 Å². The van der Waals surface area contributed by atoms with Gasteiger partial charge in [0.25, 0.3) is 0 Å². The molecule has 8 nitrogen and oxygen atoms in total. The lowest BCUT2D eigenvalue weighted by Crippen LogP contribution is -2.38. The quantitative estimate of drug-likeness (QED) is 0.319. The average molecular weight is 494 g/mol. The maximum atomic E-state index is 13.6. The van der Waals surface area contributed by atoms with Crippen LogP contribution in [0.25, 0.3) is 0 Å².